The molecule has 2 aliphatic heterocycles. The van der Waals surface area contributed by atoms with Crippen LogP contribution in [0.3, 0.4) is 0 Å². The first-order valence-corrected chi connectivity index (χ1v) is 16.2. The quantitative estimate of drug-likeness (QED) is 0.445. The average Bonchev–Trinajstić information content (AvgIpc) is 2.93. The summed E-state index contributed by atoms with van der Waals surface area (Å²) < 4.78 is 59.9. The number of hydrogen-bond acceptors (Lipinski definition) is 6. The third kappa shape index (κ3) is 7.13. The molecular formula is C27H37N3O6S2. The van der Waals surface area contributed by atoms with E-state index in [9.17, 15) is 21.6 Å². The van der Waals surface area contributed by atoms with E-state index in [-0.39, 0.29) is 29.1 Å². The number of aryl methyl sites for hydroxylation is 1. The van der Waals surface area contributed by atoms with Crippen molar-refractivity contribution in [1.29, 1.82) is 0 Å². The van der Waals surface area contributed by atoms with Crippen molar-refractivity contribution in [2.24, 2.45) is 5.92 Å². The lowest BCUT2D eigenvalue weighted by Crippen LogP contribution is -2.44. The number of hydrogen-bond donors (Lipinski definition) is 1. The van der Waals surface area contributed by atoms with E-state index < -0.39 is 20.0 Å². The zero-order valence-electron chi connectivity index (χ0n) is 21.8. The normalized spacial score (nSPS) is 18.2. The molecule has 11 heteroatoms. The lowest BCUT2D eigenvalue weighted by atomic mass is 9.97. The van der Waals surface area contributed by atoms with Crippen molar-refractivity contribution < 1.29 is 26.4 Å². The standard InChI is InChI=1S/C27H37N3O6S2/c1-22-7-3-4-8-24(22)21-37(32,33)29-18-13-23(14-19-29)27(31)28-15-20-36-25-9-11-26(12-10-25)38(34,35)30-16-5-2-6-17-30/h3-4,7-12,23H,2,5-6,13-21H2,1H3,(H,28,31). The van der Waals surface area contributed by atoms with Gasteiger partial charge in [0.2, 0.25) is 26.0 Å². The van der Waals surface area contributed by atoms with Gasteiger partial charge < -0.3 is 10.1 Å². The summed E-state index contributed by atoms with van der Waals surface area (Å²) in [5.41, 5.74) is 1.75. The molecule has 0 spiro atoms. The monoisotopic (exact) mass is 563 g/mol. The van der Waals surface area contributed by atoms with Crippen LogP contribution >= 0.6 is 0 Å². The van der Waals surface area contributed by atoms with Crippen molar-refractivity contribution in [3.8, 4) is 5.75 Å². The van der Waals surface area contributed by atoms with E-state index in [4.69, 9.17) is 4.74 Å². The van der Waals surface area contributed by atoms with Gasteiger partial charge in [-0.15, -0.1) is 0 Å². The van der Waals surface area contributed by atoms with Gasteiger partial charge in [0.25, 0.3) is 0 Å². The Hall–Kier alpha value is -2.47. The maximum atomic E-state index is 12.9. The highest BCUT2D eigenvalue weighted by atomic mass is 32.2. The van der Waals surface area contributed by atoms with Gasteiger partial charge in [0, 0.05) is 32.1 Å². The van der Waals surface area contributed by atoms with Crippen molar-refractivity contribution in [1.82, 2.24) is 13.9 Å². The second-order valence-electron chi connectivity index (χ2n) is 9.93. The lowest BCUT2D eigenvalue weighted by molar-refractivity contribution is -0.126. The number of amides is 1. The van der Waals surface area contributed by atoms with Crippen LogP contribution in [0, 0.1) is 12.8 Å². The summed E-state index contributed by atoms with van der Waals surface area (Å²) in [6.07, 6.45) is 3.79. The Labute approximate surface area is 226 Å². The minimum absolute atomic E-state index is 0.0287. The highest BCUT2D eigenvalue weighted by molar-refractivity contribution is 7.89. The maximum Gasteiger partial charge on any atom is 0.243 e. The molecule has 1 N–H and O–H groups in total. The summed E-state index contributed by atoms with van der Waals surface area (Å²) in [6.45, 7) is 4.23. The molecule has 2 aliphatic rings. The van der Waals surface area contributed by atoms with Crippen LogP contribution in [0.1, 0.15) is 43.2 Å². The number of rotatable bonds is 10. The Balaban J connectivity index is 1.18. The third-order valence-corrected chi connectivity index (χ3v) is 11.0. The van der Waals surface area contributed by atoms with Crippen LogP contribution in [-0.2, 0) is 30.6 Å². The Morgan fingerprint density at radius 1 is 0.895 bits per heavy atom. The second-order valence-corrected chi connectivity index (χ2v) is 13.8. The minimum atomic E-state index is -3.48. The Kier molecular flexibility index (Phi) is 9.45. The molecule has 2 aromatic rings. The highest BCUT2D eigenvalue weighted by Crippen LogP contribution is 2.24. The van der Waals surface area contributed by atoms with Crippen LogP contribution in [0.25, 0.3) is 0 Å². The summed E-state index contributed by atoms with van der Waals surface area (Å²) in [4.78, 5) is 12.9. The molecule has 2 saturated heterocycles. The SMILES string of the molecule is Cc1ccccc1CS(=O)(=O)N1CCC(C(=O)NCCOc2ccc(S(=O)(=O)N3CCCCC3)cc2)CC1. The van der Waals surface area contributed by atoms with Crippen molar-refractivity contribution in [3.05, 3.63) is 59.7 Å². The van der Waals surface area contributed by atoms with Gasteiger partial charge >= 0.3 is 0 Å². The van der Waals surface area contributed by atoms with Gasteiger partial charge in [-0.1, -0.05) is 30.7 Å². The molecule has 0 aliphatic carbocycles. The molecular weight excluding hydrogens is 526 g/mol. The largest absolute Gasteiger partial charge is 0.492 e. The Morgan fingerprint density at radius 3 is 2.21 bits per heavy atom. The third-order valence-electron chi connectivity index (χ3n) is 7.26. The van der Waals surface area contributed by atoms with Crippen LogP contribution < -0.4 is 10.1 Å². The molecule has 0 radical (unpaired) electrons. The van der Waals surface area contributed by atoms with E-state index >= 15 is 0 Å². The molecule has 0 atom stereocenters. The first kappa shape index (κ1) is 28.5. The van der Waals surface area contributed by atoms with Gasteiger partial charge in [-0.2, -0.15) is 4.31 Å². The number of piperidine rings is 2. The molecule has 2 aromatic carbocycles. The van der Waals surface area contributed by atoms with Crippen LogP contribution in [0.15, 0.2) is 53.4 Å². The molecule has 208 valence electrons. The van der Waals surface area contributed by atoms with Crippen LogP contribution in [0.5, 0.6) is 5.75 Å². The van der Waals surface area contributed by atoms with Crippen molar-refractivity contribution in [3.63, 3.8) is 0 Å². The summed E-state index contributed by atoms with van der Waals surface area (Å²) in [5.74, 6) is 0.162. The van der Waals surface area contributed by atoms with Gasteiger partial charge in [0.05, 0.1) is 17.2 Å². The summed E-state index contributed by atoms with van der Waals surface area (Å²) in [6, 6.07) is 13.8. The predicted molar refractivity (Wildman–Crippen MR) is 146 cm³/mol. The topological polar surface area (TPSA) is 113 Å². The van der Waals surface area contributed by atoms with Crippen LogP contribution in [-0.4, -0.2) is 70.7 Å². The number of carbonyl (C=O) groups is 1. The van der Waals surface area contributed by atoms with E-state index in [0.29, 0.717) is 51.3 Å². The van der Waals surface area contributed by atoms with Gasteiger partial charge in [0.15, 0.2) is 0 Å². The van der Waals surface area contributed by atoms with E-state index in [1.807, 2.05) is 31.2 Å². The van der Waals surface area contributed by atoms with Gasteiger partial charge in [-0.3, -0.25) is 4.79 Å². The number of sulfonamides is 2. The summed E-state index contributed by atoms with van der Waals surface area (Å²) >= 11 is 0. The van der Waals surface area contributed by atoms with Crippen LogP contribution in [0.2, 0.25) is 0 Å². The van der Waals surface area contributed by atoms with Gasteiger partial charge in [-0.05, 0) is 68.0 Å². The van der Waals surface area contributed by atoms with Crippen molar-refractivity contribution >= 4 is 26.0 Å². The van der Waals surface area contributed by atoms with E-state index in [0.717, 1.165) is 30.4 Å². The first-order valence-electron chi connectivity index (χ1n) is 13.2. The molecule has 0 bridgehead atoms. The minimum Gasteiger partial charge on any atom is -0.492 e. The smallest absolute Gasteiger partial charge is 0.243 e. The Morgan fingerprint density at radius 2 is 1.55 bits per heavy atom. The number of nitrogens with one attached hydrogen (secondary N) is 1. The maximum absolute atomic E-state index is 12.9. The zero-order valence-corrected chi connectivity index (χ0v) is 23.5. The molecule has 2 heterocycles. The fourth-order valence-corrected chi connectivity index (χ4v) is 8.09. The molecule has 38 heavy (non-hydrogen) atoms. The average molecular weight is 564 g/mol. The highest BCUT2D eigenvalue weighted by Gasteiger charge is 2.31. The molecule has 0 unspecified atom stereocenters. The summed E-state index contributed by atoms with van der Waals surface area (Å²) in [7, 11) is -6.92. The van der Waals surface area contributed by atoms with Crippen molar-refractivity contribution in [2.45, 2.75) is 49.7 Å². The summed E-state index contributed by atoms with van der Waals surface area (Å²) in [5, 5.41) is 2.87. The van der Waals surface area contributed by atoms with E-state index in [2.05, 4.69) is 5.32 Å². The number of ether oxygens (including phenoxy) is 1. The van der Waals surface area contributed by atoms with Gasteiger partial charge in [-0.25, -0.2) is 21.1 Å². The zero-order chi connectivity index (χ0) is 27.2. The number of nitrogens with zero attached hydrogens (tertiary/aromatic N) is 2. The van der Waals surface area contributed by atoms with E-state index in [1.165, 1.54) is 8.61 Å². The molecule has 2 fully saturated rings. The fourth-order valence-electron chi connectivity index (χ4n) is 4.91. The molecule has 1 amide bonds. The molecule has 0 saturated carbocycles. The lowest BCUT2D eigenvalue weighted by Gasteiger charge is -2.30. The number of carbonyl (C=O) groups excluding carboxylic acids is 1. The predicted octanol–water partition coefficient (Wildman–Crippen LogP) is 2.91. The first-order chi connectivity index (χ1) is 18.2. The fraction of sp³-hybridized carbons (Fsp3) is 0.519. The second kappa shape index (κ2) is 12.6. The van der Waals surface area contributed by atoms with Gasteiger partial charge in [0.1, 0.15) is 12.4 Å². The van der Waals surface area contributed by atoms with Crippen LogP contribution in [0.4, 0.5) is 0 Å². The van der Waals surface area contributed by atoms with E-state index in [1.54, 1.807) is 24.3 Å². The molecule has 9 nitrogen and oxygen atoms in total. The molecule has 4 rings (SSSR count). The molecule has 0 aromatic heterocycles. The van der Waals surface area contributed by atoms with Crippen molar-refractivity contribution in [2.75, 3.05) is 39.3 Å². The number of benzene rings is 2. The Bertz CT molecular complexity index is 1300.